The van der Waals surface area contributed by atoms with Gasteiger partial charge in [0.1, 0.15) is 11.8 Å². The van der Waals surface area contributed by atoms with Gasteiger partial charge < -0.3 is 15.0 Å². The number of amides is 2. The number of hydrogen-bond acceptors (Lipinski definition) is 3. The van der Waals surface area contributed by atoms with Crippen molar-refractivity contribution >= 4 is 27.7 Å². The van der Waals surface area contributed by atoms with Gasteiger partial charge in [-0.05, 0) is 81.5 Å². The fourth-order valence-electron chi connectivity index (χ4n) is 3.25. The molecule has 2 amide bonds. The second-order valence-corrected chi connectivity index (χ2v) is 9.05. The molecule has 0 saturated carbocycles. The van der Waals surface area contributed by atoms with E-state index in [0.717, 1.165) is 33.1 Å². The minimum absolute atomic E-state index is 0.0481. The normalized spacial score (nSPS) is 12.7. The van der Waals surface area contributed by atoms with Gasteiger partial charge in [-0.2, -0.15) is 0 Å². The van der Waals surface area contributed by atoms with Crippen LogP contribution >= 0.6 is 15.9 Å². The number of nitrogens with zero attached hydrogens (tertiary/aromatic N) is 1. The van der Waals surface area contributed by atoms with Gasteiger partial charge in [0.25, 0.3) is 5.91 Å². The van der Waals surface area contributed by atoms with E-state index in [4.69, 9.17) is 4.74 Å². The summed E-state index contributed by atoms with van der Waals surface area (Å²) < 4.78 is 6.83. The molecule has 2 aromatic carbocycles. The fourth-order valence-corrected chi connectivity index (χ4v) is 3.70. The van der Waals surface area contributed by atoms with Crippen LogP contribution in [0.5, 0.6) is 5.75 Å². The maximum absolute atomic E-state index is 13.2. The van der Waals surface area contributed by atoms with Crippen LogP contribution in [-0.4, -0.2) is 35.4 Å². The second kappa shape index (κ2) is 11.3. The number of hydrogen-bond donors (Lipinski definition) is 1. The molecule has 0 spiro atoms. The molecular weight excluding hydrogens is 456 g/mol. The SMILES string of the molecule is CC[C@@H](C)NC(=O)[C@H](C)N(Cc1cccc(Br)c1)C(=O)COc1cc(C)cc(C)c1C. The second-order valence-electron chi connectivity index (χ2n) is 8.14. The van der Waals surface area contributed by atoms with E-state index < -0.39 is 6.04 Å². The predicted octanol–water partition coefficient (Wildman–Crippen LogP) is 5.09. The monoisotopic (exact) mass is 488 g/mol. The number of carbonyl (C=O) groups is 2. The standard InChI is InChI=1S/C25H33BrN2O3/c1-7-18(4)27-25(30)20(6)28(14-21-9-8-10-22(26)13-21)24(29)15-31-23-12-16(2)11-17(3)19(23)5/h8-13,18,20H,7,14-15H2,1-6H3,(H,27,30)/t18-,20+/m1/s1. The Morgan fingerprint density at radius 2 is 1.84 bits per heavy atom. The van der Waals surface area contributed by atoms with Crippen LogP contribution in [-0.2, 0) is 16.1 Å². The zero-order valence-corrected chi connectivity index (χ0v) is 20.9. The largest absolute Gasteiger partial charge is 0.483 e. The summed E-state index contributed by atoms with van der Waals surface area (Å²) in [7, 11) is 0. The van der Waals surface area contributed by atoms with E-state index in [1.165, 1.54) is 0 Å². The van der Waals surface area contributed by atoms with E-state index in [-0.39, 0.29) is 24.5 Å². The molecular formula is C25H33BrN2O3. The zero-order valence-electron chi connectivity index (χ0n) is 19.3. The minimum Gasteiger partial charge on any atom is -0.483 e. The van der Waals surface area contributed by atoms with Crippen molar-refractivity contribution in [1.29, 1.82) is 0 Å². The lowest BCUT2D eigenvalue weighted by Gasteiger charge is -2.29. The molecule has 31 heavy (non-hydrogen) atoms. The van der Waals surface area contributed by atoms with Gasteiger partial charge in [-0.3, -0.25) is 9.59 Å². The number of carbonyl (C=O) groups excluding carboxylic acids is 2. The van der Waals surface area contributed by atoms with Gasteiger partial charge in [0.15, 0.2) is 6.61 Å². The summed E-state index contributed by atoms with van der Waals surface area (Å²) in [4.78, 5) is 27.6. The van der Waals surface area contributed by atoms with Crippen molar-refractivity contribution in [2.24, 2.45) is 0 Å². The molecule has 5 nitrogen and oxygen atoms in total. The summed E-state index contributed by atoms with van der Waals surface area (Å²) in [6.45, 7) is 11.9. The highest BCUT2D eigenvalue weighted by Gasteiger charge is 2.27. The van der Waals surface area contributed by atoms with E-state index in [2.05, 4.69) is 27.3 Å². The molecule has 0 bridgehead atoms. The van der Waals surface area contributed by atoms with Gasteiger partial charge in [-0.25, -0.2) is 0 Å². The molecule has 0 aliphatic carbocycles. The van der Waals surface area contributed by atoms with Gasteiger partial charge in [0.05, 0.1) is 0 Å². The summed E-state index contributed by atoms with van der Waals surface area (Å²) in [5, 5.41) is 2.98. The molecule has 1 N–H and O–H groups in total. The molecule has 2 rings (SSSR count). The Labute approximate surface area is 194 Å². The number of ether oxygens (including phenoxy) is 1. The third kappa shape index (κ3) is 7.10. The molecule has 0 heterocycles. The third-order valence-corrected chi connectivity index (χ3v) is 6.02. The molecule has 6 heteroatoms. The van der Waals surface area contributed by atoms with Gasteiger partial charge in [-0.15, -0.1) is 0 Å². The molecule has 0 aliphatic heterocycles. The van der Waals surface area contributed by atoms with E-state index in [1.54, 1.807) is 11.8 Å². The average Bonchev–Trinajstić information content (AvgIpc) is 2.72. The third-order valence-electron chi connectivity index (χ3n) is 5.53. The molecule has 0 aliphatic rings. The zero-order chi connectivity index (χ0) is 23.1. The van der Waals surface area contributed by atoms with Crippen LogP contribution in [0.4, 0.5) is 0 Å². The topological polar surface area (TPSA) is 58.6 Å². The number of nitrogens with one attached hydrogen (secondary N) is 1. The lowest BCUT2D eigenvalue weighted by atomic mass is 10.1. The summed E-state index contributed by atoms with van der Waals surface area (Å²) in [6, 6.07) is 11.2. The van der Waals surface area contributed by atoms with Crippen molar-refractivity contribution in [3.8, 4) is 5.75 Å². The van der Waals surface area contributed by atoms with Gasteiger partial charge >= 0.3 is 0 Å². The van der Waals surface area contributed by atoms with Crippen molar-refractivity contribution in [3.05, 3.63) is 63.1 Å². The Balaban J connectivity index is 2.22. The van der Waals surface area contributed by atoms with Crippen molar-refractivity contribution in [2.45, 2.75) is 66.6 Å². The number of halogens is 1. The lowest BCUT2D eigenvalue weighted by molar-refractivity contribution is -0.142. The van der Waals surface area contributed by atoms with Crippen LogP contribution in [0.2, 0.25) is 0 Å². The minimum atomic E-state index is -0.621. The first-order valence-corrected chi connectivity index (χ1v) is 11.5. The van der Waals surface area contributed by atoms with Crippen molar-refractivity contribution in [2.75, 3.05) is 6.61 Å². The quantitative estimate of drug-likeness (QED) is 0.534. The summed E-state index contributed by atoms with van der Waals surface area (Å²) in [5.41, 5.74) is 4.15. The molecule has 0 aromatic heterocycles. The Kier molecular flexibility index (Phi) is 9.11. The van der Waals surface area contributed by atoms with Crippen molar-refractivity contribution < 1.29 is 14.3 Å². The maximum Gasteiger partial charge on any atom is 0.261 e. The smallest absolute Gasteiger partial charge is 0.261 e. The van der Waals surface area contributed by atoms with Crippen LogP contribution in [0, 0.1) is 20.8 Å². The number of rotatable bonds is 9. The molecule has 0 unspecified atom stereocenters. The molecule has 2 aromatic rings. The molecule has 2 atom stereocenters. The van der Waals surface area contributed by atoms with Crippen LogP contribution in [0.1, 0.15) is 49.4 Å². The predicted molar refractivity (Wildman–Crippen MR) is 128 cm³/mol. The Bertz CT molecular complexity index is 929. The van der Waals surface area contributed by atoms with E-state index >= 15 is 0 Å². The summed E-state index contributed by atoms with van der Waals surface area (Å²) in [6.07, 6.45) is 0.827. The van der Waals surface area contributed by atoms with Crippen LogP contribution in [0.15, 0.2) is 40.9 Å². The van der Waals surface area contributed by atoms with Crippen molar-refractivity contribution in [3.63, 3.8) is 0 Å². The Morgan fingerprint density at radius 1 is 1.13 bits per heavy atom. The van der Waals surface area contributed by atoms with Crippen LogP contribution < -0.4 is 10.1 Å². The first-order chi connectivity index (χ1) is 14.6. The molecule has 168 valence electrons. The highest BCUT2D eigenvalue weighted by Crippen LogP contribution is 2.23. The van der Waals surface area contributed by atoms with Crippen LogP contribution in [0.25, 0.3) is 0 Å². The average molecular weight is 489 g/mol. The van der Waals surface area contributed by atoms with Gasteiger partial charge in [0, 0.05) is 17.1 Å². The Hall–Kier alpha value is -2.34. The van der Waals surface area contributed by atoms with Crippen LogP contribution in [0.3, 0.4) is 0 Å². The molecule has 0 fully saturated rings. The molecule has 0 saturated heterocycles. The summed E-state index contributed by atoms with van der Waals surface area (Å²) in [5.74, 6) is 0.301. The highest BCUT2D eigenvalue weighted by molar-refractivity contribution is 9.10. The van der Waals surface area contributed by atoms with E-state index in [9.17, 15) is 9.59 Å². The van der Waals surface area contributed by atoms with Crippen molar-refractivity contribution in [1.82, 2.24) is 10.2 Å². The fraction of sp³-hybridized carbons (Fsp3) is 0.440. The highest BCUT2D eigenvalue weighted by atomic mass is 79.9. The lowest BCUT2D eigenvalue weighted by Crippen LogP contribution is -2.50. The molecule has 0 radical (unpaired) electrons. The number of benzene rings is 2. The van der Waals surface area contributed by atoms with Gasteiger partial charge in [0.2, 0.25) is 5.91 Å². The maximum atomic E-state index is 13.2. The van der Waals surface area contributed by atoms with E-state index in [1.807, 2.05) is 65.0 Å². The first-order valence-electron chi connectivity index (χ1n) is 10.7. The van der Waals surface area contributed by atoms with E-state index in [0.29, 0.717) is 12.3 Å². The summed E-state index contributed by atoms with van der Waals surface area (Å²) >= 11 is 3.47. The number of aryl methyl sites for hydroxylation is 2. The first kappa shape index (κ1) is 24.9. The Morgan fingerprint density at radius 3 is 2.48 bits per heavy atom. The van der Waals surface area contributed by atoms with Gasteiger partial charge in [-0.1, -0.05) is 41.1 Å².